The molecule has 1 unspecified atom stereocenters. The van der Waals surface area contributed by atoms with Crippen molar-refractivity contribution in [3.63, 3.8) is 0 Å². The van der Waals surface area contributed by atoms with E-state index in [4.69, 9.17) is 4.74 Å². The van der Waals surface area contributed by atoms with Crippen LogP contribution in [0.1, 0.15) is 46.0 Å². The van der Waals surface area contributed by atoms with Crippen molar-refractivity contribution < 1.29 is 18.3 Å². The molecule has 1 saturated carbocycles. The van der Waals surface area contributed by atoms with Crippen LogP contribution in [0.4, 0.5) is 8.78 Å². The lowest BCUT2D eigenvalue weighted by Gasteiger charge is -2.36. The van der Waals surface area contributed by atoms with Crippen LogP contribution in [0.2, 0.25) is 0 Å². The van der Waals surface area contributed by atoms with Gasteiger partial charge in [-0.15, -0.1) is 0 Å². The Kier molecular flexibility index (Phi) is 5.00. The number of alkyl halides is 2. The maximum absolute atomic E-state index is 14.4. The largest absolute Gasteiger partial charge is 0.371 e. The second-order valence-corrected chi connectivity index (χ2v) is 7.45. The lowest BCUT2D eigenvalue weighted by atomic mass is 9.72. The number of halogens is 2. The fourth-order valence-electron chi connectivity index (χ4n) is 3.95. The Labute approximate surface area is 137 Å². The molecule has 0 N–H and O–H groups in total. The van der Waals surface area contributed by atoms with Crippen molar-refractivity contribution in [2.24, 2.45) is 17.8 Å². The van der Waals surface area contributed by atoms with Crippen molar-refractivity contribution in [3.05, 3.63) is 23.3 Å². The number of carbonyl (C=O) groups excluding carboxylic acids is 1. The van der Waals surface area contributed by atoms with E-state index in [0.717, 1.165) is 31.1 Å². The van der Waals surface area contributed by atoms with E-state index in [1.165, 1.54) is 0 Å². The van der Waals surface area contributed by atoms with Crippen LogP contribution in [0, 0.1) is 17.8 Å². The molecule has 0 aromatic rings. The first-order chi connectivity index (χ1) is 11.0. The van der Waals surface area contributed by atoms with Gasteiger partial charge in [-0.3, -0.25) is 0 Å². The molecule has 0 spiro atoms. The zero-order valence-corrected chi connectivity index (χ0v) is 13.9. The number of hydrogen-bond acceptors (Lipinski definition) is 2. The standard InChI is InChI=1S/C19H26F2O2/c1-11(2)23-19-9-17(15-6-5-14(20)8-18(15)21)16(12-3-4-12)7-13(19)10-22/h6,9-14,16,18-19H,3-5,7-8H2,1-2H3/t13?,14-,16+,18-,19-/m0/s1. The summed E-state index contributed by atoms with van der Waals surface area (Å²) in [7, 11) is 0. The highest BCUT2D eigenvalue weighted by molar-refractivity contribution is 5.57. The number of rotatable bonds is 5. The quantitative estimate of drug-likeness (QED) is 0.703. The summed E-state index contributed by atoms with van der Waals surface area (Å²) in [4.78, 5) is 11.5. The van der Waals surface area contributed by atoms with E-state index in [1.807, 2.05) is 19.9 Å². The summed E-state index contributed by atoms with van der Waals surface area (Å²) in [6.45, 7) is 3.88. The van der Waals surface area contributed by atoms with Crippen molar-refractivity contribution >= 4 is 6.29 Å². The SMILES string of the molecule is CC(C)O[C@H]1C=C(C2=CC[C@H](F)C[C@@H]2F)[C@@H](C2CC2)CC1C=O. The van der Waals surface area contributed by atoms with E-state index in [0.29, 0.717) is 11.5 Å². The third kappa shape index (κ3) is 3.73. The Morgan fingerprint density at radius 1 is 1.22 bits per heavy atom. The van der Waals surface area contributed by atoms with Gasteiger partial charge in [0, 0.05) is 12.3 Å². The minimum absolute atomic E-state index is 0.00848. The van der Waals surface area contributed by atoms with Crippen LogP contribution in [0.5, 0.6) is 0 Å². The minimum Gasteiger partial charge on any atom is -0.371 e. The molecular weight excluding hydrogens is 298 g/mol. The fourth-order valence-corrected chi connectivity index (χ4v) is 3.95. The Hall–Kier alpha value is -1.03. The van der Waals surface area contributed by atoms with Gasteiger partial charge in [0.1, 0.15) is 18.6 Å². The van der Waals surface area contributed by atoms with Crippen LogP contribution in [0.25, 0.3) is 0 Å². The molecule has 1 fully saturated rings. The van der Waals surface area contributed by atoms with E-state index >= 15 is 0 Å². The summed E-state index contributed by atoms with van der Waals surface area (Å²) in [6, 6.07) is 0. The summed E-state index contributed by atoms with van der Waals surface area (Å²) in [5.74, 6) is 0.598. The molecule has 0 aromatic carbocycles. The van der Waals surface area contributed by atoms with E-state index in [2.05, 4.69) is 0 Å². The topological polar surface area (TPSA) is 26.3 Å². The smallest absolute Gasteiger partial charge is 0.128 e. The minimum atomic E-state index is -1.24. The van der Waals surface area contributed by atoms with Crippen molar-refractivity contribution in [2.75, 3.05) is 0 Å². The third-order valence-electron chi connectivity index (χ3n) is 5.21. The van der Waals surface area contributed by atoms with Gasteiger partial charge in [-0.1, -0.05) is 12.2 Å². The molecule has 128 valence electrons. The molecule has 3 aliphatic carbocycles. The summed E-state index contributed by atoms with van der Waals surface area (Å²) in [6.07, 6.45) is 5.31. The zero-order valence-electron chi connectivity index (χ0n) is 13.9. The first-order valence-electron chi connectivity index (χ1n) is 8.80. The molecule has 0 bridgehead atoms. The maximum atomic E-state index is 14.4. The normalized spacial score (nSPS) is 38.2. The highest BCUT2D eigenvalue weighted by Crippen LogP contribution is 2.49. The molecular formula is C19H26F2O2. The van der Waals surface area contributed by atoms with Crippen molar-refractivity contribution in [1.82, 2.24) is 0 Å². The van der Waals surface area contributed by atoms with Crippen molar-refractivity contribution in [2.45, 2.75) is 70.5 Å². The Morgan fingerprint density at radius 3 is 2.52 bits per heavy atom. The van der Waals surface area contributed by atoms with Gasteiger partial charge in [0.2, 0.25) is 0 Å². The highest BCUT2D eigenvalue weighted by atomic mass is 19.1. The summed E-state index contributed by atoms with van der Waals surface area (Å²) < 4.78 is 33.8. The average Bonchev–Trinajstić information content (AvgIpc) is 3.31. The number of aldehydes is 1. The van der Waals surface area contributed by atoms with Gasteiger partial charge in [-0.05, 0) is 62.5 Å². The van der Waals surface area contributed by atoms with Crippen LogP contribution in [-0.4, -0.2) is 30.8 Å². The van der Waals surface area contributed by atoms with E-state index < -0.39 is 12.3 Å². The predicted octanol–water partition coefficient (Wildman–Crippen LogP) is 4.35. The molecule has 4 heteroatoms. The predicted molar refractivity (Wildman–Crippen MR) is 85.6 cm³/mol. The zero-order chi connectivity index (χ0) is 16.6. The van der Waals surface area contributed by atoms with Crippen LogP contribution in [-0.2, 0) is 9.53 Å². The van der Waals surface area contributed by atoms with E-state index in [1.54, 1.807) is 6.08 Å². The van der Waals surface area contributed by atoms with Gasteiger partial charge in [-0.2, -0.15) is 0 Å². The molecule has 5 atom stereocenters. The van der Waals surface area contributed by atoms with Gasteiger partial charge >= 0.3 is 0 Å². The Balaban J connectivity index is 1.92. The lowest BCUT2D eigenvalue weighted by Crippen LogP contribution is -2.35. The average molecular weight is 324 g/mol. The number of allylic oxidation sites excluding steroid dienone is 3. The van der Waals surface area contributed by atoms with E-state index in [-0.39, 0.29) is 36.9 Å². The summed E-state index contributed by atoms with van der Waals surface area (Å²) in [5, 5.41) is 0. The van der Waals surface area contributed by atoms with E-state index in [9.17, 15) is 13.6 Å². The van der Waals surface area contributed by atoms with Crippen molar-refractivity contribution in [3.8, 4) is 0 Å². The van der Waals surface area contributed by atoms with Crippen LogP contribution in [0.15, 0.2) is 23.3 Å². The van der Waals surface area contributed by atoms with Gasteiger partial charge in [0.15, 0.2) is 0 Å². The Morgan fingerprint density at radius 2 is 1.96 bits per heavy atom. The Bertz CT molecular complexity index is 507. The monoisotopic (exact) mass is 324 g/mol. The van der Waals surface area contributed by atoms with Gasteiger partial charge in [0.05, 0.1) is 12.2 Å². The van der Waals surface area contributed by atoms with Gasteiger partial charge in [-0.25, -0.2) is 8.78 Å². The van der Waals surface area contributed by atoms with Gasteiger partial charge in [0.25, 0.3) is 0 Å². The molecule has 0 heterocycles. The molecule has 0 amide bonds. The summed E-state index contributed by atoms with van der Waals surface area (Å²) >= 11 is 0. The van der Waals surface area contributed by atoms with Crippen LogP contribution < -0.4 is 0 Å². The lowest BCUT2D eigenvalue weighted by molar-refractivity contribution is -0.117. The van der Waals surface area contributed by atoms with Crippen LogP contribution >= 0.6 is 0 Å². The van der Waals surface area contributed by atoms with Crippen molar-refractivity contribution in [1.29, 1.82) is 0 Å². The highest BCUT2D eigenvalue weighted by Gasteiger charge is 2.43. The number of carbonyl (C=O) groups is 1. The molecule has 2 nitrogen and oxygen atoms in total. The second kappa shape index (κ2) is 6.84. The molecule has 3 aliphatic rings. The number of ether oxygens (including phenoxy) is 1. The molecule has 3 rings (SSSR count). The first-order valence-corrected chi connectivity index (χ1v) is 8.80. The first kappa shape index (κ1) is 16.8. The maximum Gasteiger partial charge on any atom is 0.128 e. The molecule has 0 aliphatic heterocycles. The molecule has 0 radical (unpaired) electrons. The molecule has 0 aromatic heterocycles. The second-order valence-electron chi connectivity index (χ2n) is 7.45. The molecule has 23 heavy (non-hydrogen) atoms. The third-order valence-corrected chi connectivity index (χ3v) is 5.21. The van der Waals surface area contributed by atoms with Crippen LogP contribution in [0.3, 0.4) is 0 Å². The summed E-state index contributed by atoms with van der Waals surface area (Å²) in [5.41, 5.74) is 1.63. The number of hydrogen-bond donors (Lipinski definition) is 0. The molecule has 0 saturated heterocycles. The van der Waals surface area contributed by atoms with Gasteiger partial charge < -0.3 is 9.53 Å². The fraction of sp³-hybridized carbons (Fsp3) is 0.737.